The number of furan rings is 1. The van der Waals surface area contributed by atoms with Crippen LogP contribution in [0.25, 0.3) is 0 Å². The van der Waals surface area contributed by atoms with Gasteiger partial charge in [-0.2, -0.15) is 0 Å². The van der Waals surface area contributed by atoms with E-state index in [0.29, 0.717) is 5.69 Å². The monoisotopic (exact) mass is 396 g/mol. The molecule has 1 heterocycles. The highest BCUT2D eigenvalue weighted by Crippen LogP contribution is 2.14. The summed E-state index contributed by atoms with van der Waals surface area (Å²) in [4.78, 5) is 36.3. The number of ether oxygens (including phenoxy) is 1. The maximum Gasteiger partial charge on any atom is 0.338 e. The standard InChI is InChI=1S/C21H17FN2O5/c1-13(19(25)24-17-5-2-4-15(22)12-17)29-21(27)14-7-9-16(10-8-14)23-20(26)18-6-3-11-28-18/h2-13H,1H3,(H,23,26)(H,24,25). The molecular formula is C21H17FN2O5. The van der Waals surface area contributed by atoms with E-state index < -0.39 is 29.7 Å². The summed E-state index contributed by atoms with van der Waals surface area (Å²) in [5.74, 6) is -2.06. The van der Waals surface area contributed by atoms with Crippen LogP contribution in [-0.2, 0) is 9.53 Å². The first-order chi connectivity index (χ1) is 13.9. The molecule has 2 N–H and O–H groups in total. The summed E-state index contributed by atoms with van der Waals surface area (Å²) in [5, 5.41) is 5.09. The minimum absolute atomic E-state index is 0.159. The van der Waals surface area contributed by atoms with E-state index in [1.807, 2.05) is 0 Å². The van der Waals surface area contributed by atoms with Gasteiger partial charge in [0.15, 0.2) is 11.9 Å². The zero-order chi connectivity index (χ0) is 20.8. The summed E-state index contributed by atoms with van der Waals surface area (Å²) < 4.78 is 23.3. The van der Waals surface area contributed by atoms with Crippen LogP contribution in [0, 0.1) is 5.82 Å². The van der Waals surface area contributed by atoms with Gasteiger partial charge in [-0.15, -0.1) is 0 Å². The lowest BCUT2D eigenvalue weighted by molar-refractivity contribution is -0.123. The third kappa shape index (κ3) is 5.29. The Morgan fingerprint density at radius 2 is 1.72 bits per heavy atom. The lowest BCUT2D eigenvalue weighted by Crippen LogP contribution is -2.30. The Labute approximate surface area is 165 Å². The number of hydrogen-bond donors (Lipinski definition) is 2. The predicted octanol–water partition coefficient (Wildman–Crippen LogP) is 3.86. The highest BCUT2D eigenvalue weighted by atomic mass is 19.1. The molecule has 0 saturated carbocycles. The number of amides is 2. The fourth-order valence-corrected chi connectivity index (χ4v) is 2.38. The molecule has 8 heteroatoms. The molecule has 0 aliphatic carbocycles. The molecule has 1 aromatic heterocycles. The molecule has 0 aliphatic rings. The minimum Gasteiger partial charge on any atom is -0.459 e. The molecule has 148 valence electrons. The third-order valence-corrected chi connectivity index (χ3v) is 3.87. The van der Waals surface area contributed by atoms with Gasteiger partial charge in [0.05, 0.1) is 11.8 Å². The Kier molecular flexibility index (Phi) is 6.03. The van der Waals surface area contributed by atoms with E-state index in [2.05, 4.69) is 10.6 Å². The first-order valence-corrected chi connectivity index (χ1v) is 8.65. The Hall–Kier alpha value is -3.94. The maximum atomic E-state index is 13.2. The number of rotatable bonds is 6. The fourth-order valence-electron chi connectivity index (χ4n) is 2.38. The van der Waals surface area contributed by atoms with E-state index in [0.717, 1.165) is 6.07 Å². The Morgan fingerprint density at radius 3 is 2.38 bits per heavy atom. The quantitative estimate of drug-likeness (QED) is 0.617. The molecular weight excluding hydrogens is 379 g/mol. The second-order valence-electron chi connectivity index (χ2n) is 6.06. The van der Waals surface area contributed by atoms with E-state index in [9.17, 15) is 18.8 Å². The van der Waals surface area contributed by atoms with E-state index >= 15 is 0 Å². The second kappa shape index (κ2) is 8.83. The largest absolute Gasteiger partial charge is 0.459 e. The fraction of sp³-hybridized carbons (Fsp3) is 0.0952. The van der Waals surface area contributed by atoms with Gasteiger partial charge in [-0.1, -0.05) is 6.07 Å². The van der Waals surface area contributed by atoms with Crippen LogP contribution in [0.2, 0.25) is 0 Å². The predicted molar refractivity (Wildman–Crippen MR) is 103 cm³/mol. The molecule has 0 bridgehead atoms. The summed E-state index contributed by atoms with van der Waals surface area (Å²) >= 11 is 0. The lowest BCUT2D eigenvalue weighted by Gasteiger charge is -2.14. The van der Waals surface area contributed by atoms with Crippen molar-refractivity contribution in [2.45, 2.75) is 13.0 Å². The smallest absolute Gasteiger partial charge is 0.338 e. The van der Waals surface area contributed by atoms with Crippen molar-refractivity contribution in [3.63, 3.8) is 0 Å². The van der Waals surface area contributed by atoms with Gasteiger partial charge < -0.3 is 19.8 Å². The van der Waals surface area contributed by atoms with Crippen molar-refractivity contribution < 1.29 is 27.9 Å². The van der Waals surface area contributed by atoms with Gasteiger partial charge in [0.1, 0.15) is 5.82 Å². The van der Waals surface area contributed by atoms with Crippen molar-refractivity contribution in [1.82, 2.24) is 0 Å². The summed E-state index contributed by atoms with van der Waals surface area (Å²) in [7, 11) is 0. The van der Waals surface area contributed by atoms with Crippen LogP contribution in [0.1, 0.15) is 27.8 Å². The van der Waals surface area contributed by atoms with Crippen LogP contribution >= 0.6 is 0 Å². The van der Waals surface area contributed by atoms with Crippen LogP contribution in [0.15, 0.2) is 71.3 Å². The average molecular weight is 396 g/mol. The van der Waals surface area contributed by atoms with Crippen molar-refractivity contribution in [2.75, 3.05) is 10.6 Å². The van der Waals surface area contributed by atoms with Gasteiger partial charge in [-0.25, -0.2) is 9.18 Å². The normalized spacial score (nSPS) is 11.4. The first-order valence-electron chi connectivity index (χ1n) is 8.65. The lowest BCUT2D eigenvalue weighted by atomic mass is 10.2. The molecule has 1 unspecified atom stereocenters. The van der Waals surface area contributed by atoms with E-state index in [1.165, 1.54) is 61.7 Å². The zero-order valence-corrected chi connectivity index (χ0v) is 15.3. The molecule has 29 heavy (non-hydrogen) atoms. The highest BCUT2D eigenvalue weighted by molar-refractivity contribution is 6.02. The molecule has 0 radical (unpaired) electrons. The van der Waals surface area contributed by atoms with Crippen LogP contribution in [0.3, 0.4) is 0 Å². The molecule has 0 fully saturated rings. The Morgan fingerprint density at radius 1 is 0.966 bits per heavy atom. The molecule has 0 spiro atoms. The number of nitrogens with one attached hydrogen (secondary N) is 2. The number of carbonyl (C=O) groups excluding carboxylic acids is 3. The summed E-state index contributed by atoms with van der Waals surface area (Å²) in [6.07, 6.45) is 0.295. The Balaban J connectivity index is 1.55. The molecule has 1 atom stereocenters. The topological polar surface area (TPSA) is 97.6 Å². The molecule has 2 aromatic carbocycles. The number of halogens is 1. The first kappa shape index (κ1) is 19.8. The van der Waals surface area contributed by atoms with Crippen molar-refractivity contribution in [1.29, 1.82) is 0 Å². The van der Waals surface area contributed by atoms with Crippen molar-refractivity contribution in [3.05, 3.63) is 84.1 Å². The number of esters is 1. The molecule has 3 aromatic rings. The van der Waals surface area contributed by atoms with Crippen LogP contribution in [0.4, 0.5) is 15.8 Å². The molecule has 0 aliphatic heterocycles. The van der Waals surface area contributed by atoms with Crippen LogP contribution in [-0.4, -0.2) is 23.9 Å². The molecule has 7 nitrogen and oxygen atoms in total. The number of benzene rings is 2. The Bertz CT molecular complexity index is 1020. The summed E-state index contributed by atoms with van der Waals surface area (Å²) in [5.41, 5.74) is 0.917. The number of hydrogen-bond acceptors (Lipinski definition) is 5. The minimum atomic E-state index is -1.09. The van der Waals surface area contributed by atoms with Gasteiger partial charge in [0.2, 0.25) is 0 Å². The van der Waals surface area contributed by atoms with Crippen LogP contribution in [0.5, 0.6) is 0 Å². The molecule has 3 rings (SSSR count). The SMILES string of the molecule is CC(OC(=O)c1ccc(NC(=O)c2ccco2)cc1)C(=O)Nc1cccc(F)c1. The molecule has 0 saturated heterocycles. The van der Waals surface area contributed by atoms with E-state index in [-0.39, 0.29) is 17.0 Å². The molecule has 2 amide bonds. The maximum absolute atomic E-state index is 13.2. The second-order valence-corrected chi connectivity index (χ2v) is 6.06. The van der Waals surface area contributed by atoms with Gasteiger partial charge in [0.25, 0.3) is 11.8 Å². The summed E-state index contributed by atoms with van der Waals surface area (Å²) in [6.45, 7) is 1.41. The number of carbonyl (C=O) groups is 3. The van der Waals surface area contributed by atoms with Gasteiger partial charge in [-0.3, -0.25) is 9.59 Å². The third-order valence-electron chi connectivity index (χ3n) is 3.87. The van der Waals surface area contributed by atoms with Crippen molar-refractivity contribution in [3.8, 4) is 0 Å². The summed E-state index contributed by atoms with van der Waals surface area (Å²) in [6, 6.07) is 14.5. The average Bonchev–Trinajstić information content (AvgIpc) is 3.23. The zero-order valence-electron chi connectivity index (χ0n) is 15.3. The highest BCUT2D eigenvalue weighted by Gasteiger charge is 2.19. The van der Waals surface area contributed by atoms with Gasteiger partial charge in [-0.05, 0) is 61.5 Å². The van der Waals surface area contributed by atoms with Gasteiger partial charge in [0, 0.05) is 11.4 Å². The van der Waals surface area contributed by atoms with Crippen molar-refractivity contribution in [2.24, 2.45) is 0 Å². The van der Waals surface area contributed by atoms with Crippen LogP contribution < -0.4 is 10.6 Å². The van der Waals surface area contributed by atoms with Gasteiger partial charge >= 0.3 is 5.97 Å². The van der Waals surface area contributed by atoms with Crippen molar-refractivity contribution >= 4 is 29.2 Å². The van der Waals surface area contributed by atoms with E-state index in [1.54, 1.807) is 6.07 Å². The van der Waals surface area contributed by atoms with E-state index in [4.69, 9.17) is 9.15 Å². The number of anilines is 2.